The molecule has 0 aromatic carbocycles. The van der Waals surface area contributed by atoms with Gasteiger partial charge in [0.2, 0.25) is 0 Å². The fourth-order valence-corrected chi connectivity index (χ4v) is 4.19. The normalized spacial score (nSPS) is 18.4. The number of rotatable bonds is 9. The van der Waals surface area contributed by atoms with Crippen molar-refractivity contribution in [2.75, 3.05) is 46.4 Å². The van der Waals surface area contributed by atoms with Gasteiger partial charge >= 0.3 is 0 Å². The van der Waals surface area contributed by atoms with Crippen LogP contribution in [0.15, 0.2) is 4.99 Å². The van der Waals surface area contributed by atoms with E-state index in [1.54, 1.807) is 7.11 Å². The first-order chi connectivity index (χ1) is 14.3. The minimum Gasteiger partial charge on any atom is -0.383 e. The van der Waals surface area contributed by atoms with E-state index in [4.69, 9.17) is 9.73 Å². The van der Waals surface area contributed by atoms with E-state index in [0.29, 0.717) is 6.04 Å². The molecule has 1 saturated heterocycles. The number of aliphatic imine (C=N–C) groups is 1. The number of piperidine rings is 1. The van der Waals surface area contributed by atoms with Crippen molar-refractivity contribution in [3.63, 3.8) is 0 Å². The molecule has 3 rings (SSSR count). The Labute approximate surface area is 198 Å². The zero-order valence-electron chi connectivity index (χ0n) is 18.7. The molecule has 1 aromatic rings. The predicted molar refractivity (Wildman–Crippen MR) is 132 cm³/mol. The standard InChI is InChI=1S/C21H39N7O.HI/c1-3-22-21(24-18-10-14-27(15-11-18)16-17-29-2)23-12-7-9-20-26-25-19-8-5-4-6-13-28(19)20;/h18H,3-17H2,1-2H3,(H2,22,23,24);1H. The summed E-state index contributed by atoms with van der Waals surface area (Å²) in [6.07, 6.45) is 9.12. The van der Waals surface area contributed by atoms with E-state index >= 15 is 0 Å². The number of aromatic nitrogens is 3. The molecular formula is C21H40IN7O. The molecule has 9 heteroatoms. The fraction of sp³-hybridized carbons (Fsp3) is 0.857. The van der Waals surface area contributed by atoms with Crippen LogP contribution in [0.25, 0.3) is 0 Å². The zero-order chi connectivity index (χ0) is 20.3. The van der Waals surface area contributed by atoms with Gasteiger partial charge in [-0.1, -0.05) is 6.42 Å². The van der Waals surface area contributed by atoms with Crippen LogP contribution in [0.2, 0.25) is 0 Å². The highest BCUT2D eigenvalue weighted by molar-refractivity contribution is 14.0. The van der Waals surface area contributed by atoms with E-state index in [-0.39, 0.29) is 24.0 Å². The summed E-state index contributed by atoms with van der Waals surface area (Å²) in [6, 6.07) is 0.499. The van der Waals surface area contributed by atoms with Crippen LogP contribution in [0.4, 0.5) is 0 Å². The van der Waals surface area contributed by atoms with Gasteiger partial charge in [-0.3, -0.25) is 4.99 Å². The maximum absolute atomic E-state index is 5.19. The van der Waals surface area contributed by atoms with Gasteiger partial charge in [0.05, 0.1) is 6.61 Å². The monoisotopic (exact) mass is 533 g/mol. The van der Waals surface area contributed by atoms with Crippen LogP contribution < -0.4 is 10.6 Å². The third-order valence-electron chi connectivity index (χ3n) is 5.90. The number of nitrogens with zero attached hydrogens (tertiary/aromatic N) is 5. The van der Waals surface area contributed by atoms with Gasteiger partial charge in [-0.2, -0.15) is 0 Å². The Bertz CT molecular complexity index is 629. The Morgan fingerprint density at radius 2 is 2.00 bits per heavy atom. The Morgan fingerprint density at radius 1 is 1.17 bits per heavy atom. The lowest BCUT2D eigenvalue weighted by Gasteiger charge is -2.32. The molecule has 8 nitrogen and oxygen atoms in total. The van der Waals surface area contributed by atoms with Crippen LogP contribution in [0.3, 0.4) is 0 Å². The molecule has 30 heavy (non-hydrogen) atoms. The van der Waals surface area contributed by atoms with Crippen molar-refractivity contribution in [3.05, 3.63) is 11.6 Å². The summed E-state index contributed by atoms with van der Waals surface area (Å²) in [5.41, 5.74) is 0. The molecule has 1 fully saturated rings. The largest absolute Gasteiger partial charge is 0.383 e. The van der Waals surface area contributed by atoms with Crippen molar-refractivity contribution in [2.45, 2.75) is 70.9 Å². The SMILES string of the molecule is CCNC(=NCCCc1nnc2n1CCCCC2)NC1CCN(CCOC)CC1.I. The van der Waals surface area contributed by atoms with Crippen LogP contribution in [0.1, 0.15) is 57.1 Å². The molecule has 1 aromatic heterocycles. The summed E-state index contributed by atoms with van der Waals surface area (Å²) in [5.74, 6) is 3.26. The van der Waals surface area contributed by atoms with Gasteiger partial charge in [0, 0.05) is 65.3 Å². The highest BCUT2D eigenvalue weighted by Gasteiger charge is 2.19. The number of ether oxygens (including phenoxy) is 1. The average molecular weight is 534 g/mol. The van der Waals surface area contributed by atoms with Crippen molar-refractivity contribution >= 4 is 29.9 Å². The predicted octanol–water partition coefficient (Wildman–Crippen LogP) is 2.22. The fourth-order valence-electron chi connectivity index (χ4n) is 4.19. The molecule has 2 aliphatic rings. The van der Waals surface area contributed by atoms with Gasteiger partial charge in [0.15, 0.2) is 5.96 Å². The molecule has 0 saturated carbocycles. The summed E-state index contributed by atoms with van der Waals surface area (Å²) in [5, 5.41) is 15.9. The maximum atomic E-state index is 5.19. The summed E-state index contributed by atoms with van der Waals surface area (Å²) < 4.78 is 7.53. The molecule has 0 bridgehead atoms. The zero-order valence-corrected chi connectivity index (χ0v) is 21.1. The van der Waals surface area contributed by atoms with E-state index in [2.05, 4.69) is 37.2 Å². The smallest absolute Gasteiger partial charge is 0.191 e. The second kappa shape index (κ2) is 14.2. The number of aryl methyl sites for hydroxylation is 2. The van der Waals surface area contributed by atoms with Gasteiger partial charge in [0.1, 0.15) is 11.6 Å². The van der Waals surface area contributed by atoms with Crippen LogP contribution >= 0.6 is 24.0 Å². The summed E-state index contributed by atoms with van der Waals surface area (Å²) in [7, 11) is 1.77. The average Bonchev–Trinajstić information content (AvgIpc) is 2.96. The minimum atomic E-state index is 0. The number of fused-ring (bicyclic) bond motifs is 1. The van der Waals surface area contributed by atoms with E-state index in [0.717, 1.165) is 89.8 Å². The third-order valence-corrected chi connectivity index (χ3v) is 5.90. The highest BCUT2D eigenvalue weighted by Crippen LogP contribution is 2.15. The second-order valence-electron chi connectivity index (χ2n) is 8.11. The van der Waals surface area contributed by atoms with Crippen molar-refractivity contribution in [1.82, 2.24) is 30.3 Å². The number of guanidine groups is 1. The molecule has 2 aliphatic heterocycles. The van der Waals surface area contributed by atoms with Crippen LogP contribution in [-0.2, 0) is 24.1 Å². The molecular weight excluding hydrogens is 493 g/mol. The number of halogens is 1. The molecule has 0 spiro atoms. The van der Waals surface area contributed by atoms with E-state index < -0.39 is 0 Å². The lowest BCUT2D eigenvalue weighted by molar-refractivity contribution is 0.128. The van der Waals surface area contributed by atoms with E-state index in [1.165, 1.54) is 25.1 Å². The molecule has 0 radical (unpaired) electrons. The number of likely N-dealkylation sites (tertiary alicyclic amines) is 1. The number of hydrogen-bond acceptors (Lipinski definition) is 5. The number of methoxy groups -OCH3 is 1. The lowest BCUT2D eigenvalue weighted by atomic mass is 10.1. The van der Waals surface area contributed by atoms with Crippen LogP contribution in [0, 0.1) is 0 Å². The molecule has 2 N–H and O–H groups in total. The molecule has 0 amide bonds. The maximum Gasteiger partial charge on any atom is 0.191 e. The Hall–Kier alpha value is -0.940. The first-order valence-electron chi connectivity index (χ1n) is 11.5. The number of hydrogen-bond donors (Lipinski definition) is 2. The minimum absolute atomic E-state index is 0. The highest BCUT2D eigenvalue weighted by atomic mass is 127. The quantitative estimate of drug-likeness (QED) is 0.220. The Morgan fingerprint density at radius 3 is 2.77 bits per heavy atom. The van der Waals surface area contributed by atoms with E-state index in [9.17, 15) is 0 Å². The van der Waals surface area contributed by atoms with Gasteiger partial charge < -0.3 is 24.8 Å². The Balaban J connectivity index is 0.00000320. The van der Waals surface area contributed by atoms with Crippen molar-refractivity contribution in [3.8, 4) is 0 Å². The number of nitrogens with one attached hydrogen (secondary N) is 2. The molecule has 0 atom stereocenters. The van der Waals surface area contributed by atoms with Gasteiger partial charge in [-0.05, 0) is 39.0 Å². The topological polar surface area (TPSA) is 79.6 Å². The summed E-state index contributed by atoms with van der Waals surface area (Å²) in [4.78, 5) is 7.29. The van der Waals surface area contributed by atoms with E-state index in [1.807, 2.05) is 0 Å². The second-order valence-corrected chi connectivity index (χ2v) is 8.11. The van der Waals surface area contributed by atoms with Gasteiger partial charge in [-0.15, -0.1) is 34.2 Å². The van der Waals surface area contributed by atoms with Crippen molar-refractivity contribution in [2.24, 2.45) is 4.99 Å². The first kappa shape index (κ1) is 25.3. The van der Waals surface area contributed by atoms with Crippen LogP contribution in [-0.4, -0.2) is 78.1 Å². The molecule has 3 heterocycles. The molecule has 0 aliphatic carbocycles. The van der Waals surface area contributed by atoms with Crippen molar-refractivity contribution in [1.29, 1.82) is 0 Å². The first-order valence-corrected chi connectivity index (χ1v) is 11.5. The van der Waals surface area contributed by atoms with Gasteiger partial charge in [0.25, 0.3) is 0 Å². The third kappa shape index (κ3) is 7.96. The lowest BCUT2D eigenvalue weighted by Crippen LogP contribution is -2.49. The van der Waals surface area contributed by atoms with Gasteiger partial charge in [-0.25, -0.2) is 0 Å². The summed E-state index contributed by atoms with van der Waals surface area (Å²) in [6.45, 7) is 8.99. The summed E-state index contributed by atoms with van der Waals surface area (Å²) >= 11 is 0. The molecule has 172 valence electrons. The Kier molecular flexibility index (Phi) is 12.0. The van der Waals surface area contributed by atoms with Crippen molar-refractivity contribution < 1.29 is 4.74 Å². The molecule has 0 unspecified atom stereocenters. The van der Waals surface area contributed by atoms with Crippen LogP contribution in [0.5, 0.6) is 0 Å².